The summed E-state index contributed by atoms with van der Waals surface area (Å²) in [5.41, 5.74) is 1.11. The Kier molecular flexibility index (Phi) is 5.32. The van der Waals surface area contributed by atoms with Crippen LogP contribution in [0.5, 0.6) is 0 Å². The molecule has 0 aliphatic heterocycles. The highest BCUT2D eigenvalue weighted by Crippen LogP contribution is 2.31. The van der Waals surface area contributed by atoms with Crippen molar-refractivity contribution in [2.45, 2.75) is 46.3 Å². The lowest BCUT2D eigenvalue weighted by Crippen LogP contribution is -2.35. The molecule has 1 unspecified atom stereocenters. The van der Waals surface area contributed by atoms with Crippen molar-refractivity contribution in [3.05, 3.63) is 34.5 Å². The highest BCUT2D eigenvalue weighted by atomic mass is 35.5. The number of benzene rings is 1. The Hall–Kier alpha value is -2.21. The molecule has 0 fully saturated rings. The molecular weight excluding hydrogens is 344 g/mol. The number of aromatic nitrogens is 1. The first-order valence-electron chi connectivity index (χ1n) is 8.01. The molecule has 7 heteroatoms. The second-order valence-electron chi connectivity index (χ2n) is 7.05. The van der Waals surface area contributed by atoms with Gasteiger partial charge in [-0.05, 0) is 52.3 Å². The Balaban J connectivity index is 2.35. The van der Waals surface area contributed by atoms with Crippen LogP contribution in [0, 0.1) is 6.92 Å². The van der Waals surface area contributed by atoms with Gasteiger partial charge in [-0.15, -0.1) is 0 Å². The number of nitrogens with one attached hydrogen (secondary N) is 1. The van der Waals surface area contributed by atoms with E-state index in [0.29, 0.717) is 5.02 Å². The van der Waals surface area contributed by atoms with Gasteiger partial charge >= 0.3 is 12.1 Å². The molecule has 0 radical (unpaired) electrons. The van der Waals surface area contributed by atoms with E-state index < -0.39 is 17.7 Å². The lowest BCUT2D eigenvalue weighted by Gasteiger charge is -2.22. The summed E-state index contributed by atoms with van der Waals surface area (Å²) in [5.74, 6) is -1.03. The number of carboxylic acid groups (broad SMARTS) is 1. The number of hydrogen-bond donors (Lipinski definition) is 2. The number of nitrogens with zero attached hydrogens (tertiary/aromatic N) is 1. The van der Waals surface area contributed by atoms with Gasteiger partial charge in [0.25, 0.3) is 0 Å². The fourth-order valence-electron chi connectivity index (χ4n) is 2.73. The van der Waals surface area contributed by atoms with Crippen LogP contribution in [-0.4, -0.2) is 33.9 Å². The van der Waals surface area contributed by atoms with E-state index in [-0.39, 0.29) is 18.3 Å². The van der Waals surface area contributed by atoms with E-state index in [4.69, 9.17) is 16.3 Å². The highest BCUT2D eigenvalue weighted by molar-refractivity contribution is 6.32. The number of rotatable bonds is 4. The van der Waals surface area contributed by atoms with Crippen LogP contribution in [0.3, 0.4) is 0 Å². The second kappa shape index (κ2) is 6.96. The van der Waals surface area contributed by atoms with E-state index >= 15 is 0 Å². The van der Waals surface area contributed by atoms with Crippen LogP contribution in [0.2, 0.25) is 5.02 Å². The predicted molar refractivity (Wildman–Crippen MR) is 97.6 cm³/mol. The first-order chi connectivity index (χ1) is 11.5. The van der Waals surface area contributed by atoms with Crippen molar-refractivity contribution in [3.8, 4) is 0 Å². The minimum atomic E-state index is -1.03. The van der Waals surface area contributed by atoms with E-state index in [0.717, 1.165) is 16.5 Å². The quantitative estimate of drug-likeness (QED) is 0.841. The van der Waals surface area contributed by atoms with Gasteiger partial charge in [0.15, 0.2) is 0 Å². The third-order valence-electron chi connectivity index (χ3n) is 3.79. The maximum Gasteiger partial charge on any atom is 0.407 e. The normalized spacial score (nSPS) is 12.9. The molecule has 0 aliphatic rings. The van der Waals surface area contributed by atoms with Crippen molar-refractivity contribution in [3.63, 3.8) is 0 Å². The summed E-state index contributed by atoms with van der Waals surface area (Å²) in [6.07, 6.45) is -0.539. The van der Waals surface area contributed by atoms with Crippen molar-refractivity contribution in [1.29, 1.82) is 0 Å². The van der Waals surface area contributed by atoms with Crippen molar-refractivity contribution in [2.24, 2.45) is 0 Å². The molecule has 6 nitrogen and oxygen atoms in total. The summed E-state index contributed by atoms with van der Waals surface area (Å²) < 4.78 is 6.91. The lowest BCUT2D eigenvalue weighted by molar-refractivity contribution is 0.0521. The number of alkyl carbamates (subject to hydrolysis) is 1. The molecule has 1 heterocycles. The Labute approximate surface area is 151 Å². The smallest absolute Gasteiger partial charge is 0.407 e. The van der Waals surface area contributed by atoms with Gasteiger partial charge < -0.3 is 19.7 Å². The lowest BCUT2D eigenvalue weighted by atomic mass is 10.1. The third kappa shape index (κ3) is 4.25. The van der Waals surface area contributed by atoms with E-state index in [1.54, 1.807) is 43.5 Å². The van der Waals surface area contributed by atoms with Crippen molar-refractivity contribution in [1.82, 2.24) is 9.88 Å². The molecule has 0 spiro atoms. The van der Waals surface area contributed by atoms with Crippen LogP contribution in [0.15, 0.2) is 18.2 Å². The van der Waals surface area contributed by atoms with Crippen molar-refractivity contribution >= 4 is 34.6 Å². The highest BCUT2D eigenvalue weighted by Gasteiger charge is 2.22. The van der Waals surface area contributed by atoms with E-state index in [1.807, 2.05) is 13.8 Å². The van der Waals surface area contributed by atoms with Crippen molar-refractivity contribution < 1.29 is 19.4 Å². The molecule has 2 aromatic rings. The third-order valence-corrected chi connectivity index (χ3v) is 4.20. The van der Waals surface area contributed by atoms with Crippen LogP contribution in [0.25, 0.3) is 10.9 Å². The number of carboxylic acids is 1. The fraction of sp³-hybridized carbons (Fsp3) is 0.444. The zero-order chi connectivity index (χ0) is 18.9. The standard InChI is InChI=1S/C18H23ClN2O4/c1-10(9-20-17(24)25-18(3,4)5)21-14(16(22)23)8-12-6-7-13(19)11(2)15(12)21/h6-8,10H,9H2,1-5H3,(H,20,24)(H,22,23). The molecular formula is C18H23ClN2O4. The largest absolute Gasteiger partial charge is 0.477 e. The molecule has 1 atom stereocenters. The molecule has 2 rings (SSSR count). The number of halogens is 1. The molecule has 1 amide bonds. The molecule has 136 valence electrons. The minimum Gasteiger partial charge on any atom is -0.477 e. The van der Waals surface area contributed by atoms with Gasteiger partial charge in [-0.25, -0.2) is 9.59 Å². The first kappa shape index (κ1) is 19.1. The van der Waals surface area contributed by atoms with Gasteiger partial charge in [0.2, 0.25) is 0 Å². The zero-order valence-electron chi connectivity index (χ0n) is 15.0. The Morgan fingerprint density at radius 3 is 2.56 bits per heavy atom. The van der Waals surface area contributed by atoms with E-state index in [1.165, 1.54) is 0 Å². The van der Waals surface area contributed by atoms with Gasteiger partial charge in [-0.3, -0.25) is 0 Å². The number of carbonyl (C=O) groups excluding carboxylic acids is 1. The van der Waals surface area contributed by atoms with Gasteiger partial charge in [0.1, 0.15) is 11.3 Å². The Morgan fingerprint density at radius 2 is 2.00 bits per heavy atom. The summed E-state index contributed by atoms with van der Waals surface area (Å²) in [5, 5.41) is 13.6. The first-order valence-corrected chi connectivity index (χ1v) is 8.39. The van der Waals surface area contributed by atoms with Crippen LogP contribution in [0.4, 0.5) is 4.79 Å². The summed E-state index contributed by atoms with van der Waals surface area (Å²) >= 11 is 6.20. The maximum absolute atomic E-state index is 11.9. The number of ether oxygens (including phenoxy) is 1. The molecule has 0 aliphatic carbocycles. The Morgan fingerprint density at radius 1 is 1.36 bits per heavy atom. The number of carbonyl (C=O) groups is 2. The monoisotopic (exact) mass is 366 g/mol. The minimum absolute atomic E-state index is 0.152. The molecule has 25 heavy (non-hydrogen) atoms. The molecule has 2 N–H and O–H groups in total. The van der Waals surface area contributed by atoms with Crippen LogP contribution < -0.4 is 5.32 Å². The predicted octanol–water partition coefficient (Wildman–Crippen LogP) is 4.39. The molecule has 0 bridgehead atoms. The zero-order valence-corrected chi connectivity index (χ0v) is 15.8. The summed E-state index contributed by atoms with van der Waals surface area (Å²) in [6.45, 7) is 9.26. The van der Waals surface area contributed by atoms with Gasteiger partial charge in [-0.1, -0.05) is 17.7 Å². The van der Waals surface area contributed by atoms with Crippen LogP contribution in [-0.2, 0) is 4.74 Å². The SMILES string of the molecule is Cc1c(Cl)ccc2cc(C(=O)O)n(C(C)CNC(=O)OC(C)(C)C)c12. The fourth-order valence-corrected chi connectivity index (χ4v) is 2.88. The van der Waals surface area contributed by atoms with E-state index in [9.17, 15) is 14.7 Å². The van der Waals surface area contributed by atoms with Gasteiger partial charge in [0.05, 0.1) is 5.52 Å². The van der Waals surface area contributed by atoms with Crippen molar-refractivity contribution in [2.75, 3.05) is 6.54 Å². The summed E-state index contributed by atoms with van der Waals surface area (Å²) in [7, 11) is 0. The molecule has 0 saturated heterocycles. The summed E-state index contributed by atoms with van der Waals surface area (Å²) in [6, 6.07) is 4.86. The number of aromatic carboxylic acids is 1. The molecule has 1 aromatic carbocycles. The number of hydrogen-bond acceptors (Lipinski definition) is 3. The maximum atomic E-state index is 11.9. The number of aryl methyl sites for hydroxylation is 1. The van der Waals surface area contributed by atoms with Gasteiger partial charge in [0, 0.05) is 23.0 Å². The average molecular weight is 367 g/mol. The Bertz CT molecular complexity index is 821. The molecule has 1 aromatic heterocycles. The average Bonchev–Trinajstić information content (AvgIpc) is 2.87. The number of fused-ring (bicyclic) bond motifs is 1. The second-order valence-corrected chi connectivity index (χ2v) is 7.45. The topological polar surface area (TPSA) is 80.6 Å². The van der Waals surface area contributed by atoms with Gasteiger partial charge in [-0.2, -0.15) is 0 Å². The summed E-state index contributed by atoms with van der Waals surface area (Å²) in [4.78, 5) is 23.5. The number of amides is 1. The van der Waals surface area contributed by atoms with E-state index in [2.05, 4.69) is 5.32 Å². The molecule has 0 saturated carbocycles. The van der Waals surface area contributed by atoms with Crippen LogP contribution >= 0.6 is 11.6 Å². The van der Waals surface area contributed by atoms with Crippen LogP contribution in [0.1, 0.15) is 49.8 Å².